The van der Waals surface area contributed by atoms with E-state index in [0.717, 1.165) is 27.8 Å². The van der Waals surface area contributed by atoms with Gasteiger partial charge >= 0.3 is 0 Å². The van der Waals surface area contributed by atoms with Crippen molar-refractivity contribution in [2.24, 2.45) is 0 Å². The molecule has 1 aliphatic heterocycles. The van der Waals surface area contributed by atoms with Gasteiger partial charge in [-0.25, -0.2) is 0 Å². The molecule has 33 heavy (non-hydrogen) atoms. The smallest absolute Gasteiger partial charge is 0.187 e. The first kappa shape index (κ1) is 23.5. The molecule has 0 amide bonds. The van der Waals surface area contributed by atoms with Crippen LogP contribution in [-0.4, -0.2) is 83.7 Å². The van der Waals surface area contributed by atoms with Crippen LogP contribution in [-0.2, 0) is 15.9 Å². The van der Waals surface area contributed by atoms with Gasteiger partial charge in [0, 0.05) is 0 Å². The van der Waals surface area contributed by atoms with Crippen molar-refractivity contribution in [3.63, 3.8) is 0 Å². The molecule has 0 radical (unpaired) electrons. The van der Waals surface area contributed by atoms with E-state index in [4.69, 9.17) is 18.9 Å². The number of methoxy groups -OCH3 is 2. The molecule has 0 saturated carbocycles. The summed E-state index contributed by atoms with van der Waals surface area (Å²) in [6, 6.07) is 9.05. The standard InChI is InChI=1S/C24H28O9/c1-30-14-5-6-15-12(7-14)3-4-13(16-9-19(31-2)18(26)8-17(15)16)11-32-24-23(29)22(28)21(27)20(10-25)33-24/h4-9,20-29H,3,10-11H2,1-2H3/t20-,21-,22+,23-,24-/m0/s1. The van der Waals surface area contributed by atoms with E-state index < -0.39 is 37.3 Å². The maximum atomic E-state index is 10.4. The lowest BCUT2D eigenvalue weighted by atomic mass is 9.93. The Balaban J connectivity index is 1.67. The number of aromatic hydroxyl groups is 1. The number of aliphatic hydroxyl groups excluding tert-OH is 4. The fraction of sp³-hybridized carbons (Fsp3) is 0.417. The summed E-state index contributed by atoms with van der Waals surface area (Å²) in [5.74, 6) is 1.00. The Hall–Kier alpha value is -2.66. The summed E-state index contributed by atoms with van der Waals surface area (Å²) >= 11 is 0. The number of ether oxygens (including phenoxy) is 4. The molecule has 1 fully saturated rings. The second-order valence-electron chi connectivity index (χ2n) is 8.03. The van der Waals surface area contributed by atoms with Crippen molar-refractivity contribution in [3.05, 3.63) is 47.5 Å². The van der Waals surface area contributed by atoms with Gasteiger partial charge in [-0.3, -0.25) is 0 Å². The maximum absolute atomic E-state index is 10.4. The molecule has 1 heterocycles. The minimum Gasteiger partial charge on any atom is -0.504 e. The van der Waals surface area contributed by atoms with Crippen LogP contribution >= 0.6 is 0 Å². The van der Waals surface area contributed by atoms with Crippen LogP contribution in [0.2, 0.25) is 0 Å². The van der Waals surface area contributed by atoms with Gasteiger partial charge in [-0.15, -0.1) is 0 Å². The molecule has 0 spiro atoms. The van der Waals surface area contributed by atoms with E-state index in [1.54, 1.807) is 19.2 Å². The number of fused-ring (bicyclic) bond motifs is 3. The maximum Gasteiger partial charge on any atom is 0.187 e. The van der Waals surface area contributed by atoms with Crippen LogP contribution in [0.25, 0.3) is 16.7 Å². The Kier molecular flexibility index (Phi) is 6.89. The zero-order valence-electron chi connectivity index (χ0n) is 18.3. The molecular weight excluding hydrogens is 432 g/mol. The topological polar surface area (TPSA) is 138 Å². The summed E-state index contributed by atoms with van der Waals surface area (Å²) in [4.78, 5) is 0. The highest BCUT2D eigenvalue weighted by Gasteiger charge is 2.44. The largest absolute Gasteiger partial charge is 0.504 e. The summed E-state index contributed by atoms with van der Waals surface area (Å²) in [5, 5.41) is 50.1. The van der Waals surface area contributed by atoms with Crippen LogP contribution in [0.5, 0.6) is 17.2 Å². The van der Waals surface area contributed by atoms with Gasteiger partial charge in [0.25, 0.3) is 0 Å². The van der Waals surface area contributed by atoms with Crippen LogP contribution in [0, 0.1) is 0 Å². The quantitative estimate of drug-likeness (QED) is 0.424. The second kappa shape index (κ2) is 9.68. The predicted octanol–water partition coefficient (Wildman–Crippen LogP) is 0.832. The number of rotatable bonds is 6. The van der Waals surface area contributed by atoms with Crippen molar-refractivity contribution in [1.29, 1.82) is 0 Å². The first-order valence-electron chi connectivity index (χ1n) is 10.6. The van der Waals surface area contributed by atoms with E-state index >= 15 is 0 Å². The molecule has 9 heteroatoms. The van der Waals surface area contributed by atoms with Crippen LogP contribution in [0.4, 0.5) is 0 Å². The summed E-state index contributed by atoms with van der Waals surface area (Å²) in [6.07, 6.45) is -4.27. The van der Waals surface area contributed by atoms with Crippen LogP contribution < -0.4 is 9.47 Å². The first-order chi connectivity index (χ1) is 15.9. The Morgan fingerprint density at radius 2 is 1.73 bits per heavy atom. The molecule has 178 valence electrons. The number of hydrogen-bond acceptors (Lipinski definition) is 9. The van der Waals surface area contributed by atoms with Crippen molar-refractivity contribution in [2.45, 2.75) is 37.1 Å². The van der Waals surface area contributed by atoms with E-state index in [-0.39, 0.29) is 12.4 Å². The minimum atomic E-state index is -1.52. The van der Waals surface area contributed by atoms with E-state index in [1.165, 1.54) is 7.11 Å². The molecule has 2 aromatic rings. The summed E-state index contributed by atoms with van der Waals surface area (Å²) in [7, 11) is 3.06. The molecule has 2 aliphatic rings. The van der Waals surface area contributed by atoms with Gasteiger partial charge in [0.05, 0.1) is 27.4 Å². The first-order valence-corrected chi connectivity index (χ1v) is 10.6. The normalized spacial score (nSPS) is 26.6. The Morgan fingerprint density at radius 1 is 0.939 bits per heavy atom. The predicted molar refractivity (Wildman–Crippen MR) is 118 cm³/mol. The molecule has 1 aliphatic carbocycles. The van der Waals surface area contributed by atoms with E-state index in [1.807, 2.05) is 24.3 Å². The van der Waals surface area contributed by atoms with E-state index in [9.17, 15) is 25.5 Å². The van der Waals surface area contributed by atoms with Crippen molar-refractivity contribution in [3.8, 4) is 28.4 Å². The summed E-state index contributed by atoms with van der Waals surface area (Å²) < 4.78 is 21.9. The number of aliphatic hydroxyl groups is 4. The third-order valence-electron chi connectivity index (χ3n) is 6.09. The van der Waals surface area contributed by atoms with Gasteiger partial charge in [-0.05, 0) is 58.5 Å². The molecular formula is C24H28O9. The number of phenolic OH excluding ortho intramolecular Hbond substituents is 1. The SMILES string of the molecule is COc1ccc2c(c1)CC=C(CO[C@H]1O[C@@H](CO)[C@H](O)[C@@H](O)[C@@H]1O)c1cc(OC)c(O)cc1-2. The highest BCUT2D eigenvalue weighted by atomic mass is 16.7. The van der Waals surface area contributed by atoms with Gasteiger partial charge in [-0.2, -0.15) is 0 Å². The molecule has 0 unspecified atom stereocenters. The van der Waals surface area contributed by atoms with Gasteiger partial charge in [0.15, 0.2) is 17.8 Å². The number of hydrogen-bond donors (Lipinski definition) is 5. The second-order valence-corrected chi connectivity index (χ2v) is 8.03. The van der Waals surface area contributed by atoms with Crippen molar-refractivity contribution < 1.29 is 44.5 Å². The monoisotopic (exact) mass is 460 g/mol. The Labute approximate surface area is 191 Å². The third kappa shape index (κ3) is 4.43. The number of benzene rings is 2. The van der Waals surface area contributed by atoms with E-state index in [2.05, 4.69) is 0 Å². The lowest BCUT2D eigenvalue weighted by Gasteiger charge is -2.39. The zero-order chi connectivity index (χ0) is 23.7. The third-order valence-corrected chi connectivity index (χ3v) is 6.09. The minimum absolute atomic E-state index is 0.00521. The average Bonchev–Trinajstić information content (AvgIpc) is 2.97. The van der Waals surface area contributed by atoms with Gasteiger partial charge in [0.1, 0.15) is 30.2 Å². The van der Waals surface area contributed by atoms with Crippen LogP contribution in [0.3, 0.4) is 0 Å². The lowest BCUT2D eigenvalue weighted by molar-refractivity contribution is -0.297. The number of phenols is 1. The fourth-order valence-corrected chi connectivity index (χ4v) is 4.21. The fourth-order valence-electron chi connectivity index (χ4n) is 4.21. The average molecular weight is 460 g/mol. The highest BCUT2D eigenvalue weighted by molar-refractivity contribution is 5.87. The molecule has 0 aromatic heterocycles. The van der Waals surface area contributed by atoms with Gasteiger partial charge in [-0.1, -0.05) is 12.1 Å². The van der Waals surface area contributed by atoms with Crippen LogP contribution in [0.1, 0.15) is 11.1 Å². The van der Waals surface area contributed by atoms with Crippen molar-refractivity contribution >= 4 is 5.57 Å². The Bertz CT molecular complexity index is 1030. The Morgan fingerprint density at radius 3 is 2.42 bits per heavy atom. The zero-order valence-corrected chi connectivity index (χ0v) is 18.3. The van der Waals surface area contributed by atoms with Crippen LogP contribution in [0.15, 0.2) is 36.4 Å². The molecule has 0 bridgehead atoms. The number of allylic oxidation sites excluding steroid dienone is 1. The molecule has 2 aromatic carbocycles. The lowest BCUT2D eigenvalue weighted by Crippen LogP contribution is -2.59. The van der Waals surface area contributed by atoms with Crippen molar-refractivity contribution in [1.82, 2.24) is 0 Å². The van der Waals surface area contributed by atoms with Gasteiger partial charge < -0.3 is 44.5 Å². The van der Waals surface area contributed by atoms with Crippen molar-refractivity contribution in [2.75, 3.05) is 27.4 Å². The molecule has 4 rings (SSSR count). The molecule has 5 atom stereocenters. The molecule has 9 nitrogen and oxygen atoms in total. The molecule has 5 N–H and O–H groups in total. The highest BCUT2D eigenvalue weighted by Crippen LogP contribution is 2.42. The summed E-state index contributed by atoms with van der Waals surface area (Å²) in [6.45, 7) is -0.543. The van der Waals surface area contributed by atoms with E-state index in [0.29, 0.717) is 17.9 Å². The van der Waals surface area contributed by atoms with Gasteiger partial charge in [0.2, 0.25) is 0 Å². The summed E-state index contributed by atoms with van der Waals surface area (Å²) in [5.41, 5.74) is 4.19. The molecule has 1 saturated heterocycles.